The number of hydrogen-bond acceptors (Lipinski definition) is 6. The number of pyridine rings is 1. The largest absolute Gasteiger partial charge is 0.393 e. The number of halogens is 3. The van der Waals surface area contributed by atoms with E-state index in [1.807, 2.05) is 0 Å². The van der Waals surface area contributed by atoms with Gasteiger partial charge in [0.25, 0.3) is 0 Å². The summed E-state index contributed by atoms with van der Waals surface area (Å²) in [6.45, 7) is 0.830. The third kappa shape index (κ3) is 3.60. The van der Waals surface area contributed by atoms with Crippen LogP contribution in [-0.4, -0.2) is 43.8 Å². The van der Waals surface area contributed by atoms with Gasteiger partial charge in [-0.3, -0.25) is 4.98 Å². The number of rotatable bonds is 6. The van der Waals surface area contributed by atoms with Gasteiger partial charge < -0.3 is 4.84 Å². The molecule has 1 aromatic carbocycles. The number of alkyl halides is 1. The molecule has 0 amide bonds. The van der Waals surface area contributed by atoms with Crippen LogP contribution in [-0.2, 0) is 11.3 Å². The summed E-state index contributed by atoms with van der Waals surface area (Å²) in [5, 5.41) is 16.4. The first-order valence-electron chi connectivity index (χ1n) is 8.74. The highest BCUT2D eigenvalue weighted by molar-refractivity contribution is 5.96. The van der Waals surface area contributed by atoms with Crippen molar-refractivity contribution in [3.8, 4) is 0 Å². The zero-order valence-corrected chi connectivity index (χ0v) is 15.3. The standard InChI is InChI=1S/C19H15F3N6O/c1-11(27-29-8-6-20)15-4-5-17-24-25-18(28(17)26-15)9-13-14(21)10-16-12(19(13)22)3-2-7-23-16/h2-5,7,10H,6,8-9H2,1H3/b27-11-. The van der Waals surface area contributed by atoms with E-state index in [0.29, 0.717) is 17.1 Å². The molecule has 29 heavy (non-hydrogen) atoms. The van der Waals surface area contributed by atoms with Crippen LogP contribution in [0.5, 0.6) is 0 Å². The van der Waals surface area contributed by atoms with Crippen LogP contribution < -0.4 is 0 Å². The molecule has 3 aromatic heterocycles. The average Bonchev–Trinajstić information content (AvgIpc) is 3.13. The summed E-state index contributed by atoms with van der Waals surface area (Å²) in [6, 6.07) is 7.60. The number of hydrogen-bond donors (Lipinski definition) is 0. The van der Waals surface area contributed by atoms with E-state index >= 15 is 0 Å². The van der Waals surface area contributed by atoms with Gasteiger partial charge in [-0.25, -0.2) is 13.2 Å². The molecule has 4 rings (SSSR count). The SMILES string of the molecule is C/C(=N/OCCF)c1ccc2nnc(Cc3c(F)cc4ncccc4c3F)n2n1. The summed E-state index contributed by atoms with van der Waals surface area (Å²) in [6.07, 6.45) is 1.31. The third-order valence-electron chi connectivity index (χ3n) is 4.29. The quantitative estimate of drug-likeness (QED) is 0.282. The molecule has 3 heterocycles. The highest BCUT2D eigenvalue weighted by Gasteiger charge is 2.18. The Morgan fingerprint density at radius 1 is 1.21 bits per heavy atom. The maximum Gasteiger partial charge on any atom is 0.177 e. The molecule has 0 aliphatic heterocycles. The predicted molar refractivity (Wildman–Crippen MR) is 99.4 cm³/mol. The van der Waals surface area contributed by atoms with Gasteiger partial charge in [0.05, 0.1) is 5.52 Å². The minimum atomic E-state index is -0.723. The molecule has 4 aromatic rings. The van der Waals surface area contributed by atoms with Crippen LogP contribution in [0.25, 0.3) is 16.6 Å². The van der Waals surface area contributed by atoms with Crippen LogP contribution in [0.4, 0.5) is 13.2 Å². The highest BCUT2D eigenvalue weighted by atomic mass is 19.1. The van der Waals surface area contributed by atoms with Gasteiger partial charge in [0.1, 0.15) is 36.3 Å². The van der Waals surface area contributed by atoms with Crippen molar-refractivity contribution in [3.63, 3.8) is 0 Å². The van der Waals surface area contributed by atoms with Crippen molar-refractivity contribution in [2.45, 2.75) is 13.3 Å². The van der Waals surface area contributed by atoms with Crippen LogP contribution in [0, 0.1) is 11.6 Å². The Hall–Kier alpha value is -3.56. The van der Waals surface area contributed by atoms with Gasteiger partial charge in [-0.05, 0) is 31.2 Å². The van der Waals surface area contributed by atoms with Crippen molar-refractivity contribution in [3.05, 3.63) is 65.2 Å². The normalized spacial score (nSPS) is 12.1. The number of oxime groups is 1. The second-order valence-corrected chi connectivity index (χ2v) is 6.20. The molecule has 0 saturated carbocycles. The third-order valence-corrected chi connectivity index (χ3v) is 4.29. The Bertz CT molecular complexity index is 1220. The summed E-state index contributed by atoms with van der Waals surface area (Å²) >= 11 is 0. The Labute approximate surface area is 162 Å². The molecule has 0 atom stereocenters. The lowest BCUT2D eigenvalue weighted by molar-refractivity contribution is 0.127. The fourth-order valence-electron chi connectivity index (χ4n) is 2.87. The fourth-order valence-corrected chi connectivity index (χ4v) is 2.87. The lowest BCUT2D eigenvalue weighted by atomic mass is 10.1. The summed E-state index contributed by atoms with van der Waals surface area (Å²) in [5.41, 5.74) is 1.33. The van der Waals surface area contributed by atoms with Gasteiger partial charge in [-0.15, -0.1) is 10.2 Å². The monoisotopic (exact) mass is 400 g/mol. The van der Waals surface area contributed by atoms with Gasteiger partial charge in [-0.1, -0.05) is 5.16 Å². The molecule has 0 saturated heterocycles. The van der Waals surface area contributed by atoms with E-state index in [4.69, 9.17) is 4.84 Å². The minimum absolute atomic E-state index is 0.149. The van der Waals surface area contributed by atoms with E-state index in [9.17, 15) is 13.2 Å². The molecular formula is C19H15F3N6O. The lowest BCUT2D eigenvalue weighted by Gasteiger charge is -2.07. The van der Waals surface area contributed by atoms with E-state index in [0.717, 1.165) is 0 Å². The maximum absolute atomic E-state index is 14.9. The Kier molecular flexibility index (Phi) is 5.07. The number of aromatic nitrogens is 5. The van der Waals surface area contributed by atoms with E-state index in [1.165, 1.54) is 22.8 Å². The van der Waals surface area contributed by atoms with Gasteiger partial charge in [0, 0.05) is 29.6 Å². The summed E-state index contributed by atoms with van der Waals surface area (Å²) in [4.78, 5) is 8.80. The van der Waals surface area contributed by atoms with Crippen LogP contribution >= 0.6 is 0 Å². The zero-order valence-electron chi connectivity index (χ0n) is 15.3. The van der Waals surface area contributed by atoms with Crippen molar-refractivity contribution in [2.75, 3.05) is 13.3 Å². The lowest BCUT2D eigenvalue weighted by Crippen LogP contribution is -2.08. The maximum atomic E-state index is 14.9. The fraction of sp³-hybridized carbons (Fsp3) is 0.211. The van der Waals surface area contributed by atoms with Crippen molar-refractivity contribution < 1.29 is 18.0 Å². The van der Waals surface area contributed by atoms with Crippen LogP contribution in [0.1, 0.15) is 24.0 Å². The van der Waals surface area contributed by atoms with Crippen molar-refractivity contribution in [1.29, 1.82) is 0 Å². The van der Waals surface area contributed by atoms with Crippen molar-refractivity contribution >= 4 is 22.3 Å². The molecule has 0 unspecified atom stereocenters. The zero-order chi connectivity index (χ0) is 20.4. The number of fused-ring (bicyclic) bond motifs is 2. The van der Waals surface area contributed by atoms with E-state index < -0.39 is 18.3 Å². The minimum Gasteiger partial charge on any atom is -0.393 e. The van der Waals surface area contributed by atoms with Crippen LogP contribution in [0.15, 0.2) is 41.7 Å². The number of benzene rings is 1. The van der Waals surface area contributed by atoms with Gasteiger partial charge >= 0.3 is 0 Å². The van der Waals surface area contributed by atoms with E-state index in [2.05, 4.69) is 25.4 Å². The van der Waals surface area contributed by atoms with E-state index in [-0.39, 0.29) is 35.3 Å². The first kappa shape index (κ1) is 18.8. The Morgan fingerprint density at radius 3 is 2.90 bits per heavy atom. The summed E-state index contributed by atoms with van der Waals surface area (Å²) in [7, 11) is 0. The predicted octanol–water partition coefficient (Wildman–Crippen LogP) is 3.25. The van der Waals surface area contributed by atoms with Crippen molar-refractivity contribution in [1.82, 2.24) is 24.8 Å². The van der Waals surface area contributed by atoms with Crippen LogP contribution in [0.3, 0.4) is 0 Å². The molecule has 0 radical (unpaired) electrons. The molecule has 148 valence electrons. The molecule has 7 nitrogen and oxygen atoms in total. The average molecular weight is 400 g/mol. The first-order chi connectivity index (χ1) is 14.1. The molecule has 0 spiro atoms. The smallest absolute Gasteiger partial charge is 0.177 e. The number of nitrogens with zero attached hydrogens (tertiary/aromatic N) is 6. The Balaban J connectivity index is 1.73. The first-order valence-corrected chi connectivity index (χ1v) is 8.74. The van der Waals surface area contributed by atoms with Gasteiger partial charge in [0.15, 0.2) is 11.5 Å². The summed E-state index contributed by atoms with van der Waals surface area (Å²) in [5.74, 6) is -1.17. The molecule has 0 bridgehead atoms. The highest BCUT2D eigenvalue weighted by Crippen LogP contribution is 2.24. The van der Waals surface area contributed by atoms with Crippen molar-refractivity contribution in [2.24, 2.45) is 5.16 Å². The molecule has 0 aliphatic rings. The topological polar surface area (TPSA) is 77.6 Å². The Morgan fingerprint density at radius 2 is 2.07 bits per heavy atom. The molecule has 0 aliphatic carbocycles. The molecule has 0 fully saturated rings. The van der Waals surface area contributed by atoms with E-state index in [1.54, 1.807) is 25.1 Å². The second kappa shape index (κ2) is 7.82. The molecule has 0 N–H and O–H groups in total. The molecular weight excluding hydrogens is 385 g/mol. The van der Waals surface area contributed by atoms with Gasteiger partial charge in [-0.2, -0.15) is 9.61 Å². The summed E-state index contributed by atoms with van der Waals surface area (Å²) < 4.78 is 42.9. The second-order valence-electron chi connectivity index (χ2n) is 6.20. The van der Waals surface area contributed by atoms with Crippen LogP contribution in [0.2, 0.25) is 0 Å². The van der Waals surface area contributed by atoms with Gasteiger partial charge in [0.2, 0.25) is 0 Å². The molecule has 10 heteroatoms.